The van der Waals surface area contributed by atoms with E-state index in [0.29, 0.717) is 12.3 Å². The van der Waals surface area contributed by atoms with Gasteiger partial charge in [-0.05, 0) is 48.4 Å². The highest BCUT2D eigenvalue weighted by molar-refractivity contribution is 7.13. The van der Waals surface area contributed by atoms with Crippen molar-refractivity contribution in [3.8, 4) is 5.75 Å². The zero-order valence-corrected chi connectivity index (χ0v) is 13.7. The number of anilines is 1. The Hall–Kier alpha value is -1.88. The van der Waals surface area contributed by atoms with Crippen LogP contribution in [-0.4, -0.2) is 25.0 Å². The molecule has 0 saturated carbocycles. The molecule has 116 valence electrons. The predicted molar refractivity (Wildman–Crippen MR) is 88.8 cm³/mol. The number of carbonyl (C=O) groups is 1. The van der Waals surface area contributed by atoms with Gasteiger partial charge in [0, 0.05) is 25.0 Å². The molecule has 1 aliphatic carbocycles. The first kappa shape index (κ1) is 15.0. The van der Waals surface area contributed by atoms with E-state index in [2.05, 4.69) is 17.1 Å². The summed E-state index contributed by atoms with van der Waals surface area (Å²) in [4.78, 5) is 18.4. The van der Waals surface area contributed by atoms with E-state index in [1.54, 1.807) is 25.3 Å². The molecule has 4 nitrogen and oxygen atoms in total. The molecule has 1 heterocycles. The van der Waals surface area contributed by atoms with Crippen LogP contribution >= 0.6 is 11.3 Å². The van der Waals surface area contributed by atoms with Crippen LogP contribution in [0, 0.1) is 0 Å². The lowest BCUT2D eigenvalue weighted by atomic mass is 9.81. The number of carbonyl (C=O) groups excluding carboxylic acids is 1. The van der Waals surface area contributed by atoms with Crippen molar-refractivity contribution in [1.29, 1.82) is 0 Å². The molecule has 1 aromatic carbocycles. The normalized spacial score (nSPS) is 16.9. The Kier molecular flexibility index (Phi) is 4.43. The molecule has 2 aromatic rings. The third-order valence-electron chi connectivity index (χ3n) is 4.29. The van der Waals surface area contributed by atoms with E-state index >= 15 is 0 Å². The lowest BCUT2D eigenvalue weighted by Gasteiger charge is -2.26. The van der Waals surface area contributed by atoms with E-state index in [4.69, 9.17) is 4.74 Å². The molecule has 0 bridgehead atoms. The second kappa shape index (κ2) is 6.48. The molecule has 1 atom stereocenters. The number of fused-ring (bicyclic) bond motifs is 1. The van der Waals surface area contributed by atoms with E-state index in [9.17, 15) is 4.79 Å². The Bertz CT molecular complexity index is 655. The lowest BCUT2D eigenvalue weighted by molar-refractivity contribution is -0.118. The molecule has 0 spiro atoms. The zero-order valence-electron chi connectivity index (χ0n) is 12.9. The maximum Gasteiger partial charge on any atom is 0.229 e. The van der Waals surface area contributed by atoms with Crippen LogP contribution in [-0.2, 0) is 11.2 Å². The van der Waals surface area contributed by atoms with E-state index in [0.717, 1.165) is 30.1 Å². The summed E-state index contributed by atoms with van der Waals surface area (Å²) in [6.45, 7) is 0. The first-order valence-electron chi connectivity index (χ1n) is 7.52. The molecule has 0 aliphatic heterocycles. The summed E-state index contributed by atoms with van der Waals surface area (Å²) in [5.41, 5.74) is 2.62. The summed E-state index contributed by atoms with van der Waals surface area (Å²) < 4.78 is 5.30. The Morgan fingerprint density at radius 3 is 3.09 bits per heavy atom. The minimum atomic E-state index is 0.128. The van der Waals surface area contributed by atoms with Gasteiger partial charge in [-0.2, -0.15) is 0 Å². The number of amides is 1. The van der Waals surface area contributed by atoms with E-state index < -0.39 is 0 Å². The quantitative estimate of drug-likeness (QED) is 0.865. The summed E-state index contributed by atoms with van der Waals surface area (Å²) in [5, 5.41) is 2.65. The van der Waals surface area contributed by atoms with Gasteiger partial charge >= 0.3 is 0 Å². The number of hydrogen-bond donors (Lipinski definition) is 0. The van der Waals surface area contributed by atoms with Crippen molar-refractivity contribution in [2.24, 2.45) is 0 Å². The lowest BCUT2D eigenvalue weighted by Crippen LogP contribution is -2.28. The zero-order chi connectivity index (χ0) is 15.5. The monoisotopic (exact) mass is 316 g/mol. The number of methoxy groups -OCH3 is 1. The highest BCUT2D eigenvalue weighted by Crippen LogP contribution is 2.36. The summed E-state index contributed by atoms with van der Waals surface area (Å²) in [6, 6.07) is 6.22. The van der Waals surface area contributed by atoms with Gasteiger partial charge in [-0.3, -0.25) is 9.69 Å². The average molecular weight is 316 g/mol. The fourth-order valence-corrected chi connectivity index (χ4v) is 3.69. The van der Waals surface area contributed by atoms with Crippen LogP contribution < -0.4 is 9.64 Å². The van der Waals surface area contributed by atoms with Crippen molar-refractivity contribution in [2.45, 2.75) is 31.6 Å². The maximum absolute atomic E-state index is 12.5. The fraction of sp³-hybridized carbons (Fsp3) is 0.412. The number of ether oxygens (including phenoxy) is 1. The van der Waals surface area contributed by atoms with Crippen molar-refractivity contribution in [1.82, 2.24) is 4.98 Å². The highest BCUT2D eigenvalue weighted by atomic mass is 32.1. The summed E-state index contributed by atoms with van der Waals surface area (Å²) >= 11 is 1.49. The smallest absolute Gasteiger partial charge is 0.229 e. The van der Waals surface area contributed by atoms with Crippen LogP contribution in [0.5, 0.6) is 5.75 Å². The summed E-state index contributed by atoms with van der Waals surface area (Å²) in [6.07, 6.45) is 5.52. The molecule has 0 fully saturated rings. The second-order valence-electron chi connectivity index (χ2n) is 5.63. The van der Waals surface area contributed by atoms with E-state index in [1.807, 2.05) is 11.4 Å². The Morgan fingerprint density at radius 1 is 1.50 bits per heavy atom. The van der Waals surface area contributed by atoms with Gasteiger partial charge in [0.15, 0.2) is 5.13 Å². The van der Waals surface area contributed by atoms with Crippen molar-refractivity contribution in [3.05, 3.63) is 40.9 Å². The minimum absolute atomic E-state index is 0.128. The second-order valence-corrected chi connectivity index (χ2v) is 6.50. The molecule has 0 saturated heterocycles. The van der Waals surface area contributed by atoms with Crippen molar-refractivity contribution in [2.75, 3.05) is 19.1 Å². The standard InChI is InChI=1S/C17H20N2O2S/c1-19(17-18-8-9-22-17)16(20)11-13-5-3-4-12-10-14(21-2)6-7-15(12)13/h6-10,13H,3-5,11H2,1-2H3/t13-/m1/s1. The number of rotatable bonds is 4. The molecule has 1 aromatic heterocycles. The largest absolute Gasteiger partial charge is 0.497 e. The third-order valence-corrected chi connectivity index (χ3v) is 5.14. The van der Waals surface area contributed by atoms with Crippen LogP contribution in [0.15, 0.2) is 29.8 Å². The molecule has 22 heavy (non-hydrogen) atoms. The van der Waals surface area contributed by atoms with Crippen LogP contribution in [0.3, 0.4) is 0 Å². The van der Waals surface area contributed by atoms with Gasteiger partial charge in [-0.1, -0.05) is 6.07 Å². The topological polar surface area (TPSA) is 42.4 Å². The highest BCUT2D eigenvalue weighted by Gasteiger charge is 2.25. The summed E-state index contributed by atoms with van der Waals surface area (Å²) in [5.74, 6) is 1.32. The van der Waals surface area contributed by atoms with Crippen LogP contribution in [0.1, 0.15) is 36.3 Å². The van der Waals surface area contributed by atoms with Crippen molar-refractivity contribution in [3.63, 3.8) is 0 Å². The van der Waals surface area contributed by atoms with E-state index in [1.165, 1.54) is 22.5 Å². The Morgan fingerprint density at radius 2 is 2.36 bits per heavy atom. The molecule has 0 unspecified atom stereocenters. The Labute approximate surface area is 134 Å². The van der Waals surface area contributed by atoms with Gasteiger partial charge < -0.3 is 4.74 Å². The number of thiazole rings is 1. The molecular weight excluding hydrogens is 296 g/mol. The molecule has 0 N–H and O–H groups in total. The minimum Gasteiger partial charge on any atom is -0.497 e. The van der Waals surface area contributed by atoms with Crippen molar-refractivity contribution >= 4 is 22.4 Å². The summed E-state index contributed by atoms with van der Waals surface area (Å²) in [7, 11) is 3.49. The fourth-order valence-electron chi connectivity index (χ4n) is 3.07. The molecule has 0 radical (unpaired) electrons. The van der Waals surface area contributed by atoms with Crippen LogP contribution in [0.4, 0.5) is 5.13 Å². The number of hydrogen-bond acceptors (Lipinski definition) is 4. The molecule has 1 amide bonds. The van der Waals surface area contributed by atoms with Gasteiger partial charge in [0.1, 0.15) is 5.75 Å². The average Bonchev–Trinajstić information content (AvgIpc) is 3.08. The number of nitrogens with zero attached hydrogens (tertiary/aromatic N) is 2. The number of aryl methyl sites for hydroxylation is 1. The maximum atomic E-state index is 12.5. The molecular formula is C17H20N2O2S. The third kappa shape index (κ3) is 2.99. The Balaban J connectivity index is 1.75. The SMILES string of the molecule is COc1ccc2c(c1)CCC[C@@H]2CC(=O)N(C)c1nccs1. The van der Waals surface area contributed by atoms with Gasteiger partial charge in [0.05, 0.1) is 7.11 Å². The van der Waals surface area contributed by atoms with Crippen LogP contribution in [0.2, 0.25) is 0 Å². The van der Waals surface area contributed by atoms with Gasteiger partial charge in [0.25, 0.3) is 0 Å². The van der Waals surface area contributed by atoms with Crippen LogP contribution in [0.25, 0.3) is 0 Å². The molecule has 3 rings (SSSR count). The van der Waals surface area contributed by atoms with Crippen molar-refractivity contribution < 1.29 is 9.53 Å². The number of aromatic nitrogens is 1. The molecule has 1 aliphatic rings. The number of benzene rings is 1. The first-order valence-corrected chi connectivity index (χ1v) is 8.40. The van der Waals surface area contributed by atoms with Gasteiger partial charge in [-0.15, -0.1) is 11.3 Å². The first-order chi connectivity index (χ1) is 10.7. The van der Waals surface area contributed by atoms with E-state index in [-0.39, 0.29) is 5.91 Å². The predicted octanol–water partition coefficient (Wildman–Crippen LogP) is 3.62. The molecule has 5 heteroatoms. The van der Waals surface area contributed by atoms with Gasteiger partial charge in [0.2, 0.25) is 5.91 Å². The van der Waals surface area contributed by atoms with Gasteiger partial charge in [-0.25, -0.2) is 4.98 Å².